The van der Waals surface area contributed by atoms with E-state index in [0.717, 1.165) is 12.2 Å². The van der Waals surface area contributed by atoms with E-state index in [1.807, 2.05) is 6.92 Å². The summed E-state index contributed by atoms with van der Waals surface area (Å²) in [6.07, 6.45) is 0.874. The highest BCUT2D eigenvalue weighted by molar-refractivity contribution is 8.01. The molecule has 0 saturated heterocycles. The van der Waals surface area contributed by atoms with Gasteiger partial charge in [0.15, 0.2) is 0 Å². The molecule has 1 aliphatic carbocycles. The molecule has 0 heterocycles. The van der Waals surface area contributed by atoms with E-state index in [1.54, 1.807) is 11.8 Å². The van der Waals surface area contributed by atoms with Gasteiger partial charge in [-0.2, -0.15) is 5.26 Å². The minimum Gasteiger partial charge on any atom is -0.396 e. The third-order valence-corrected chi connectivity index (χ3v) is 3.26. The van der Waals surface area contributed by atoms with Gasteiger partial charge in [-0.15, -0.1) is 11.8 Å². The molecule has 56 valence electrons. The molecule has 10 heavy (non-hydrogen) atoms. The lowest BCUT2D eigenvalue weighted by molar-refractivity contribution is 0.275. The second-order valence-electron chi connectivity index (χ2n) is 2.52. The lowest BCUT2D eigenvalue weighted by atomic mass is 10.3. The van der Waals surface area contributed by atoms with E-state index in [2.05, 4.69) is 6.07 Å². The van der Waals surface area contributed by atoms with Crippen molar-refractivity contribution in [3.63, 3.8) is 0 Å². The molecule has 1 rings (SSSR count). The van der Waals surface area contributed by atoms with Crippen LogP contribution in [0.25, 0.3) is 0 Å². The molecule has 0 radical (unpaired) electrons. The summed E-state index contributed by atoms with van der Waals surface area (Å²) in [4.78, 5) is 0. The first-order valence-electron chi connectivity index (χ1n) is 3.45. The summed E-state index contributed by atoms with van der Waals surface area (Å²) in [7, 11) is 0. The SMILES string of the molecule is CCSC1(C#N)CC1CO. The Morgan fingerprint density at radius 1 is 1.90 bits per heavy atom. The normalized spacial score (nSPS) is 37.1. The Morgan fingerprint density at radius 3 is 2.90 bits per heavy atom. The molecule has 2 unspecified atom stereocenters. The van der Waals surface area contributed by atoms with E-state index in [9.17, 15) is 0 Å². The van der Waals surface area contributed by atoms with Crippen LogP contribution in [0.1, 0.15) is 13.3 Å². The highest BCUT2D eigenvalue weighted by atomic mass is 32.2. The number of aliphatic hydroxyl groups excluding tert-OH is 1. The maximum atomic E-state index is 8.73. The van der Waals surface area contributed by atoms with Crippen LogP contribution in [0.3, 0.4) is 0 Å². The minimum atomic E-state index is -0.219. The first kappa shape index (κ1) is 7.90. The van der Waals surface area contributed by atoms with Crippen molar-refractivity contribution in [1.29, 1.82) is 5.26 Å². The number of rotatable bonds is 3. The molecule has 0 aromatic heterocycles. The summed E-state index contributed by atoms with van der Waals surface area (Å²) in [5.41, 5.74) is 0. The van der Waals surface area contributed by atoms with Crippen LogP contribution in [0.15, 0.2) is 0 Å². The monoisotopic (exact) mass is 157 g/mol. The molecule has 0 spiro atoms. The predicted molar refractivity (Wildman–Crippen MR) is 41.7 cm³/mol. The van der Waals surface area contributed by atoms with Crippen LogP contribution in [0, 0.1) is 17.2 Å². The van der Waals surface area contributed by atoms with E-state index < -0.39 is 0 Å². The fourth-order valence-corrected chi connectivity index (χ4v) is 2.33. The van der Waals surface area contributed by atoms with Gasteiger partial charge in [0.1, 0.15) is 4.75 Å². The molecular formula is C7H11NOS. The number of nitriles is 1. The number of aliphatic hydroxyl groups is 1. The van der Waals surface area contributed by atoms with Crippen molar-refractivity contribution in [2.24, 2.45) is 5.92 Å². The fourth-order valence-electron chi connectivity index (χ4n) is 1.12. The third kappa shape index (κ3) is 1.14. The van der Waals surface area contributed by atoms with Crippen molar-refractivity contribution in [3.05, 3.63) is 0 Å². The predicted octanol–water partition coefficient (Wildman–Crippen LogP) is 1.01. The van der Waals surface area contributed by atoms with Gasteiger partial charge in [0.05, 0.1) is 6.07 Å². The molecule has 0 aromatic carbocycles. The summed E-state index contributed by atoms with van der Waals surface area (Å²) < 4.78 is -0.219. The van der Waals surface area contributed by atoms with E-state index >= 15 is 0 Å². The van der Waals surface area contributed by atoms with Crippen molar-refractivity contribution in [1.82, 2.24) is 0 Å². The van der Waals surface area contributed by atoms with Gasteiger partial charge < -0.3 is 5.11 Å². The summed E-state index contributed by atoms with van der Waals surface area (Å²) in [5, 5.41) is 17.4. The Balaban J connectivity index is 2.44. The molecule has 1 aliphatic rings. The Bertz CT molecular complexity index is 165. The number of hydrogen-bond acceptors (Lipinski definition) is 3. The van der Waals surface area contributed by atoms with Crippen molar-refractivity contribution in [2.45, 2.75) is 18.1 Å². The molecule has 0 amide bonds. The first-order chi connectivity index (χ1) is 4.79. The average Bonchev–Trinajstić information content (AvgIpc) is 2.65. The van der Waals surface area contributed by atoms with Crippen LogP contribution in [-0.4, -0.2) is 22.2 Å². The van der Waals surface area contributed by atoms with Crippen LogP contribution in [0.4, 0.5) is 0 Å². The third-order valence-electron chi connectivity index (χ3n) is 1.86. The zero-order valence-corrected chi connectivity index (χ0v) is 6.82. The lowest BCUT2D eigenvalue weighted by Gasteiger charge is -2.02. The van der Waals surface area contributed by atoms with Crippen LogP contribution < -0.4 is 0 Å². The van der Waals surface area contributed by atoms with Crippen LogP contribution in [0.2, 0.25) is 0 Å². The van der Waals surface area contributed by atoms with Crippen LogP contribution in [-0.2, 0) is 0 Å². The maximum absolute atomic E-state index is 8.73. The molecule has 1 saturated carbocycles. The minimum absolute atomic E-state index is 0.167. The molecule has 2 nitrogen and oxygen atoms in total. The second-order valence-corrected chi connectivity index (χ2v) is 4.11. The Labute approximate surface area is 65.2 Å². The van der Waals surface area contributed by atoms with E-state index in [0.29, 0.717) is 0 Å². The molecule has 2 atom stereocenters. The van der Waals surface area contributed by atoms with Gasteiger partial charge in [-0.25, -0.2) is 0 Å². The quantitative estimate of drug-likeness (QED) is 0.665. The molecular weight excluding hydrogens is 146 g/mol. The molecule has 1 fully saturated rings. The highest BCUT2D eigenvalue weighted by Gasteiger charge is 2.54. The number of nitrogens with zero attached hydrogens (tertiary/aromatic N) is 1. The smallest absolute Gasteiger partial charge is 0.108 e. The summed E-state index contributed by atoms with van der Waals surface area (Å²) in [5.74, 6) is 1.20. The van der Waals surface area contributed by atoms with Crippen molar-refractivity contribution in [3.8, 4) is 6.07 Å². The average molecular weight is 157 g/mol. The number of hydrogen-bond donors (Lipinski definition) is 1. The largest absolute Gasteiger partial charge is 0.396 e. The zero-order chi connectivity index (χ0) is 7.61. The van der Waals surface area contributed by atoms with Gasteiger partial charge in [0.2, 0.25) is 0 Å². The number of thioether (sulfide) groups is 1. The molecule has 0 aromatic rings. The van der Waals surface area contributed by atoms with Gasteiger partial charge >= 0.3 is 0 Å². The van der Waals surface area contributed by atoms with Gasteiger partial charge in [-0.1, -0.05) is 6.92 Å². The maximum Gasteiger partial charge on any atom is 0.108 e. The Morgan fingerprint density at radius 2 is 2.60 bits per heavy atom. The van der Waals surface area contributed by atoms with Gasteiger partial charge in [0.25, 0.3) is 0 Å². The van der Waals surface area contributed by atoms with Crippen molar-refractivity contribution in [2.75, 3.05) is 12.4 Å². The fraction of sp³-hybridized carbons (Fsp3) is 0.857. The van der Waals surface area contributed by atoms with Crippen molar-refractivity contribution >= 4 is 11.8 Å². The Kier molecular flexibility index (Phi) is 2.22. The molecule has 0 aliphatic heterocycles. The summed E-state index contributed by atoms with van der Waals surface area (Å²) in [6, 6.07) is 2.26. The lowest BCUT2D eigenvalue weighted by Crippen LogP contribution is -2.05. The molecule has 3 heteroatoms. The van der Waals surface area contributed by atoms with Crippen LogP contribution in [0.5, 0.6) is 0 Å². The van der Waals surface area contributed by atoms with Gasteiger partial charge in [-0.05, 0) is 12.2 Å². The van der Waals surface area contributed by atoms with Gasteiger partial charge in [-0.3, -0.25) is 0 Å². The first-order valence-corrected chi connectivity index (χ1v) is 4.43. The summed E-state index contributed by atoms with van der Waals surface area (Å²) in [6.45, 7) is 2.21. The van der Waals surface area contributed by atoms with E-state index in [-0.39, 0.29) is 17.3 Å². The van der Waals surface area contributed by atoms with E-state index in [1.165, 1.54) is 0 Å². The summed E-state index contributed by atoms with van der Waals surface area (Å²) >= 11 is 1.66. The topological polar surface area (TPSA) is 44.0 Å². The van der Waals surface area contributed by atoms with Crippen LogP contribution >= 0.6 is 11.8 Å². The zero-order valence-electron chi connectivity index (χ0n) is 6.00. The standard InChI is InChI=1S/C7H11NOS/c1-2-10-7(5-8)3-6(7)4-9/h6,9H,2-4H2,1H3. The molecule has 0 bridgehead atoms. The Hall–Kier alpha value is -0.200. The van der Waals surface area contributed by atoms with E-state index in [4.69, 9.17) is 10.4 Å². The highest BCUT2D eigenvalue weighted by Crippen LogP contribution is 2.53. The second kappa shape index (κ2) is 2.81. The van der Waals surface area contributed by atoms with Crippen molar-refractivity contribution < 1.29 is 5.11 Å². The molecule has 1 N–H and O–H groups in total. The van der Waals surface area contributed by atoms with Gasteiger partial charge in [0, 0.05) is 12.5 Å².